The van der Waals surface area contributed by atoms with Crippen LogP contribution in [0, 0.1) is 5.82 Å². The summed E-state index contributed by atoms with van der Waals surface area (Å²) in [4.78, 5) is 26.9. The van der Waals surface area contributed by atoms with Gasteiger partial charge < -0.3 is 10.2 Å². The molecule has 4 nitrogen and oxygen atoms in total. The van der Waals surface area contributed by atoms with Crippen LogP contribution in [-0.2, 0) is 6.42 Å². The summed E-state index contributed by atoms with van der Waals surface area (Å²) >= 11 is 0. The van der Waals surface area contributed by atoms with E-state index in [1.54, 1.807) is 11.0 Å². The Morgan fingerprint density at radius 1 is 1.04 bits per heavy atom. The second-order valence-electron chi connectivity index (χ2n) is 7.61. The third-order valence-corrected chi connectivity index (χ3v) is 4.29. The molecule has 0 unspecified atom stereocenters. The highest BCUT2D eigenvalue weighted by atomic mass is 19.1. The van der Waals surface area contributed by atoms with E-state index >= 15 is 0 Å². The molecule has 1 heterocycles. The molecule has 0 atom stereocenters. The van der Waals surface area contributed by atoms with Gasteiger partial charge in [0.05, 0.1) is 0 Å². The number of fused-ring (bicyclic) bond motifs is 1. The van der Waals surface area contributed by atoms with Crippen LogP contribution >= 0.6 is 0 Å². The first-order valence-electron chi connectivity index (χ1n) is 8.77. The summed E-state index contributed by atoms with van der Waals surface area (Å²) in [6, 6.07) is 11.0. The van der Waals surface area contributed by atoms with Crippen molar-refractivity contribution < 1.29 is 14.0 Å². The van der Waals surface area contributed by atoms with Crippen molar-refractivity contribution in [2.24, 2.45) is 0 Å². The maximum absolute atomic E-state index is 13.1. The number of halogens is 1. The van der Waals surface area contributed by atoms with E-state index in [0.29, 0.717) is 17.7 Å². The highest BCUT2D eigenvalue weighted by molar-refractivity contribution is 6.07. The van der Waals surface area contributed by atoms with Crippen LogP contribution in [0.2, 0.25) is 0 Å². The number of benzene rings is 2. The summed E-state index contributed by atoms with van der Waals surface area (Å²) in [6.45, 7) is 6.42. The fourth-order valence-corrected chi connectivity index (χ4v) is 3.11. The van der Waals surface area contributed by atoms with Crippen molar-refractivity contribution >= 4 is 17.5 Å². The van der Waals surface area contributed by atoms with Gasteiger partial charge in [0, 0.05) is 28.9 Å². The molecule has 2 aromatic carbocycles. The first-order chi connectivity index (χ1) is 12.2. The van der Waals surface area contributed by atoms with E-state index in [4.69, 9.17) is 0 Å². The van der Waals surface area contributed by atoms with Gasteiger partial charge in [0.15, 0.2) is 0 Å². The third-order valence-electron chi connectivity index (χ3n) is 4.29. The predicted octanol–water partition coefficient (Wildman–Crippen LogP) is 3.95. The Labute approximate surface area is 153 Å². The fraction of sp³-hybridized carbons (Fsp3) is 0.333. The molecule has 0 bridgehead atoms. The predicted molar refractivity (Wildman–Crippen MR) is 100 cm³/mol. The Morgan fingerprint density at radius 3 is 2.35 bits per heavy atom. The summed E-state index contributed by atoms with van der Waals surface area (Å²) in [5.74, 6) is -0.643. The van der Waals surface area contributed by atoms with Gasteiger partial charge in [0.2, 0.25) is 0 Å². The first kappa shape index (κ1) is 18.1. The zero-order valence-electron chi connectivity index (χ0n) is 15.3. The normalized spacial score (nSPS) is 13.9. The molecule has 26 heavy (non-hydrogen) atoms. The second kappa shape index (κ2) is 6.90. The fourth-order valence-electron chi connectivity index (χ4n) is 3.11. The minimum Gasteiger partial charge on any atom is -0.347 e. The molecule has 0 aromatic heterocycles. The van der Waals surface area contributed by atoms with Gasteiger partial charge in [0.1, 0.15) is 5.82 Å². The van der Waals surface area contributed by atoms with E-state index in [-0.39, 0.29) is 23.2 Å². The van der Waals surface area contributed by atoms with Gasteiger partial charge in [-0.15, -0.1) is 0 Å². The number of rotatable bonds is 2. The van der Waals surface area contributed by atoms with Gasteiger partial charge >= 0.3 is 0 Å². The zero-order chi connectivity index (χ0) is 18.9. The van der Waals surface area contributed by atoms with E-state index in [0.717, 1.165) is 24.1 Å². The Morgan fingerprint density at radius 2 is 1.69 bits per heavy atom. The monoisotopic (exact) mass is 354 g/mol. The number of aryl methyl sites for hydroxylation is 1. The average molecular weight is 354 g/mol. The number of anilines is 1. The molecule has 0 saturated heterocycles. The lowest BCUT2D eigenvalue weighted by Crippen LogP contribution is -2.40. The average Bonchev–Trinajstić information content (AvgIpc) is 2.59. The van der Waals surface area contributed by atoms with Crippen molar-refractivity contribution in [3.63, 3.8) is 0 Å². The quantitative estimate of drug-likeness (QED) is 0.888. The van der Waals surface area contributed by atoms with Crippen LogP contribution in [0.5, 0.6) is 0 Å². The minimum absolute atomic E-state index is 0.123. The van der Waals surface area contributed by atoms with Crippen LogP contribution in [0.4, 0.5) is 10.1 Å². The molecule has 3 rings (SSSR count). The van der Waals surface area contributed by atoms with Crippen molar-refractivity contribution in [1.29, 1.82) is 0 Å². The third kappa shape index (κ3) is 3.93. The smallest absolute Gasteiger partial charge is 0.258 e. The van der Waals surface area contributed by atoms with Gasteiger partial charge in [0.25, 0.3) is 11.8 Å². The molecular formula is C21H23FN2O2. The lowest BCUT2D eigenvalue weighted by atomic mass is 9.97. The van der Waals surface area contributed by atoms with Gasteiger partial charge in [-0.05, 0) is 81.6 Å². The summed E-state index contributed by atoms with van der Waals surface area (Å²) < 4.78 is 13.1. The molecule has 136 valence electrons. The van der Waals surface area contributed by atoms with Crippen LogP contribution in [0.15, 0.2) is 42.5 Å². The molecule has 0 fully saturated rings. The number of hydrogen-bond donors (Lipinski definition) is 1. The standard InChI is InChI=1S/C21H23FN2O2/c1-21(2,3)23-19(25)16-8-11-18-15(13-16)5-4-12-24(18)20(26)14-6-9-17(22)10-7-14/h6-11,13H,4-5,12H2,1-3H3,(H,23,25). The highest BCUT2D eigenvalue weighted by Crippen LogP contribution is 2.29. The Hall–Kier alpha value is -2.69. The van der Waals surface area contributed by atoms with E-state index in [1.807, 2.05) is 32.9 Å². The van der Waals surface area contributed by atoms with Crippen molar-refractivity contribution in [1.82, 2.24) is 5.32 Å². The van der Waals surface area contributed by atoms with Crippen LogP contribution < -0.4 is 10.2 Å². The molecule has 1 aliphatic heterocycles. The Bertz CT molecular complexity index is 838. The molecule has 5 heteroatoms. The van der Waals surface area contributed by atoms with Crippen LogP contribution in [0.25, 0.3) is 0 Å². The molecule has 0 aliphatic carbocycles. The summed E-state index contributed by atoms with van der Waals surface area (Å²) in [5.41, 5.74) is 2.53. The van der Waals surface area contributed by atoms with Gasteiger partial charge in [-0.3, -0.25) is 9.59 Å². The summed E-state index contributed by atoms with van der Waals surface area (Å²) in [5, 5.41) is 2.95. The molecule has 1 aliphatic rings. The largest absolute Gasteiger partial charge is 0.347 e. The van der Waals surface area contributed by atoms with Gasteiger partial charge in [-0.2, -0.15) is 0 Å². The van der Waals surface area contributed by atoms with Crippen LogP contribution in [0.1, 0.15) is 53.5 Å². The SMILES string of the molecule is CC(C)(C)NC(=O)c1ccc2c(c1)CCCN2C(=O)c1ccc(F)cc1. The van der Waals surface area contributed by atoms with Crippen molar-refractivity contribution in [3.8, 4) is 0 Å². The maximum Gasteiger partial charge on any atom is 0.258 e. The number of amides is 2. The highest BCUT2D eigenvalue weighted by Gasteiger charge is 2.25. The van der Waals surface area contributed by atoms with Gasteiger partial charge in [-0.25, -0.2) is 4.39 Å². The summed E-state index contributed by atoms with van der Waals surface area (Å²) in [6.07, 6.45) is 1.64. The van der Waals surface area contributed by atoms with E-state index in [2.05, 4.69) is 5.32 Å². The van der Waals surface area contributed by atoms with Crippen molar-refractivity contribution in [3.05, 3.63) is 65.0 Å². The molecular weight excluding hydrogens is 331 g/mol. The number of nitrogens with one attached hydrogen (secondary N) is 1. The molecule has 2 aromatic rings. The topological polar surface area (TPSA) is 49.4 Å². The molecule has 0 radical (unpaired) electrons. The minimum atomic E-state index is -0.366. The first-order valence-corrected chi connectivity index (χ1v) is 8.77. The van der Waals surface area contributed by atoms with Crippen LogP contribution in [-0.4, -0.2) is 23.9 Å². The second-order valence-corrected chi connectivity index (χ2v) is 7.61. The molecule has 0 spiro atoms. The lowest BCUT2D eigenvalue weighted by Gasteiger charge is -2.30. The Balaban J connectivity index is 1.87. The van der Waals surface area contributed by atoms with Gasteiger partial charge in [-0.1, -0.05) is 0 Å². The van der Waals surface area contributed by atoms with E-state index < -0.39 is 0 Å². The van der Waals surface area contributed by atoms with Crippen molar-refractivity contribution in [2.75, 3.05) is 11.4 Å². The number of carbonyl (C=O) groups is 2. The number of nitrogens with zero attached hydrogens (tertiary/aromatic N) is 1. The van der Waals surface area contributed by atoms with Crippen LogP contribution in [0.3, 0.4) is 0 Å². The number of carbonyl (C=O) groups excluding carboxylic acids is 2. The van der Waals surface area contributed by atoms with Crippen molar-refractivity contribution in [2.45, 2.75) is 39.2 Å². The Kier molecular flexibility index (Phi) is 4.81. The molecule has 2 amide bonds. The lowest BCUT2D eigenvalue weighted by molar-refractivity contribution is 0.0919. The molecule has 0 saturated carbocycles. The van der Waals surface area contributed by atoms with E-state index in [1.165, 1.54) is 24.3 Å². The molecule has 1 N–H and O–H groups in total. The maximum atomic E-state index is 13.1. The summed E-state index contributed by atoms with van der Waals surface area (Å²) in [7, 11) is 0. The van der Waals surface area contributed by atoms with E-state index in [9.17, 15) is 14.0 Å². The number of hydrogen-bond acceptors (Lipinski definition) is 2. The zero-order valence-corrected chi connectivity index (χ0v) is 15.3.